The summed E-state index contributed by atoms with van der Waals surface area (Å²) in [5.74, 6) is 2.43. The van der Waals surface area contributed by atoms with E-state index >= 15 is 0 Å². The van der Waals surface area contributed by atoms with E-state index in [1.807, 2.05) is 36.4 Å². The predicted octanol–water partition coefficient (Wildman–Crippen LogP) is 5.39. The Kier molecular flexibility index (Phi) is 5.40. The number of benzene rings is 4. The van der Waals surface area contributed by atoms with Crippen molar-refractivity contribution >= 4 is 22.7 Å². The van der Waals surface area contributed by atoms with Gasteiger partial charge >= 0.3 is 0 Å². The van der Waals surface area contributed by atoms with E-state index in [1.165, 1.54) is 0 Å². The molecule has 0 bridgehead atoms. The van der Waals surface area contributed by atoms with Crippen LogP contribution < -0.4 is 37.1 Å². The van der Waals surface area contributed by atoms with Gasteiger partial charge in [0.05, 0.1) is 11.4 Å². The molecule has 0 saturated carbocycles. The Bertz CT molecular complexity index is 1100. The van der Waals surface area contributed by atoms with Crippen LogP contribution in [0.2, 0.25) is 0 Å². The van der Waals surface area contributed by atoms with Gasteiger partial charge in [-0.3, -0.25) is 0 Å². The molecule has 4 rings (SSSR count). The van der Waals surface area contributed by atoms with Crippen LogP contribution in [0.5, 0.6) is 34.5 Å². The number of anilines is 4. The van der Waals surface area contributed by atoms with E-state index in [1.54, 1.807) is 48.5 Å². The summed E-state index contributed by atoms with van der Waals surface area (Å²) in [7, 11) is 0. The minimum absolute atomic E-state index is 0.260. The third-order valence-corrected chi connectivity index (χ3v) is 4.53. The number of rotatable bonds is 6. The second-order valence-electron chi connectivity index (χ2n) is 6.72. The number of nitrogens with two attached hydrogens (primary N) is 4. The number of hydrogen-bond donors (Lipinski definition) is 4. The van der Waals surface area contributed by atoms with Crippen LogP contribution in [0.3, 0.4) is 0 Å². The summed E-state index contributed by atoms with van der Waals surface area (Å²) in [5.41, 5.74) is 25.6. The predicted molar refractivity (Wildman–Crippen MR) is 124 cm³/mol. The number of para-hydroxylation sites is 2. The van der Waals surface area contributed by atoms with Gasteiger partial charge in [0, 0.05) is 0 Å². The summed E-state index contributed by atoms with van der Waals surface area (Å²) in [6.07, 6.45) is 0. The van der Waals surface area contributed by atoms with Gasteiger partial charge in [-0.2, -0.15) is 0 Å². The van der Waals surface area contributed by atoms with Crippen molar-refractivity contribution in [3.8, 4) is 34.5 Å². The third kappa shape index (κ3) is 4.25. The first-order valence-electron chi connectivity index (χ1n) is 9.52. The van der Waals surface area contributed by atoms with E-state index < -0.39 is 0 Å². The van der Waals surface area contributed by atoms with Gasteiger partial charge in [0.2, 0.25) is 0 Å². The zero-order valence-corrected chi connectivity index (χ0v) is 16.6. The Morgan fingerprint density at radius 3 is 1.19 bits per heavy atom. The van der Waals surface area contributed by atoms with Crippen LogP contribution in [0, 0.1) is 0 Å². The monoisotopic (exact) mass is 414 g/mol. The third-order valence-electron chi connectivity index (χ3n) is 4.53. The fourth-order valence-electron chi connectivity index (χ4n) is 2.89. The van der Waals surface area contributed by atoms with Crippen molar-refractivity contribution in [2.45, 2.75) is 0 Å². The van der Waals surface area contributed by atoms with E-state index in [4.69, 9.17) is 37.1 Å². The molecule has 4 aromatic carbocycles. The van der Waals surface area contributed by atoms with Crippen molar-refractivity contribution in [3.63, 3.8) is 0 Å². The van der Waals surface area contributed by atoms with Crippen LogP contribution in [-0.4, -0.2) is 0 Å². The highest BCUT2D eigenvalue weighted by Crippen LogP contribution is 2.47. The van der Waals surface area contributed by atoms with E-state index in [9.17, 15) is 0 Å². The molecule has 0 aromatic heterocycles. The molecule has 0 aliphatic rings. The highest BCUT2D eigenvalue weighted by atomic mass is 16.5. The standard InChI is InChI=1S/C24H22N4O3/c25-17-11-13-19(23(21(17)27)29-15-7-3-1-4-8-15)31-20-14-12-18(26)22(28)24(20)30-16-9-5-2-6-10-16/h1-14H,25-28H2. The molecule has 156 valence electrons. The van der Waals surface area contributed by atoms with Crippen LogP contribution in [0.25, 0.3) is 0 Å². The average molecular weight is 414 g/mol. The Labute approximate surface area is 179 Å². The minimum atomic E-state index is 0.260. The largest absolute Gasteiger partial charge is 0.451 e. The van der Waals surface area contributed by atoms with Gasteiger partial charge in [-0.1, -0.05) is 36.4 Å². The zero-order valence-electron chi connectivity index (χ0n) is 16.6. The molecule has 0 atom stereocenters. The number of nitrogen functional groups attached to an aromatic ring is 4. The highest BCUT2D eigenvalue weighted by Gasteiger charge is 2.19. The second kappa shape index (κ2) is 8.46. The number of hydrogen-bond acceptors (Lipinski definition) is 7. The van der Waals surface area contributed by atoms with Crippen LogP contribution in [0.1, 0.15) is 0 Å². The molecule has 0 saturated heterocycles. The lowest BCUT2D eigenvalue weighted by atomic mass is 10.2. The first kappa shape index (κ1) is 19.8. The van der Waals surface area contributed by atoms with Crippen molar-refractivity contribution < 1.29 is 14.2 Å². The molecule has 0 heterocycles. The quantitative estimate of drug-likeness (QED) is 0.311. The van der Waals surface area contributed by atoms with E-state index in [0.29, 0.717) is 34.4 Å². The summed E-state index contributed by atoms with van der Waals surface area (Å²) in [6, 6.07) is 25.0. The van der Waals surface area contributed by atoms with E-state index in [0.717, 1.165) is 0 Å². The van der Waals surface area contributed by atoms with Gasteiger partial charge in [-0.15, -0.1) is 0 Å². The molecule has 0 aliphatic carbocycles. The maximum Gasteiger partial charge on any atom is 0.194 e. The fourth-order valence-corrected chi connectivity index (χ4v) is 2.89. The van der Waals surface area contributed by atoms with Crippen molar-refractivity contribution in [1.82, 2.24) is 0 Å². The maximum absolute atomic E-state index is 6.19. The molecule has 0 spiro atoms. The summed E-state index contributed by atoms with van der Waals surface area (Å²) in [5, 5.41) is 0. The maximum atomic E-state index is 6.19. The Balaban J connectivity index is 1.74. The molecule has 0 amide bonds. The van der Waals surface area contributed by atoms with Crippen LogP contribution >= 0.6 is 0 Å². The Hall–Kier alpha value is -4.52. The molecule has 0 aliphatic heterocycles. The SMILES string of the molecule is Nc1ccc(Oc2ccc(N)c(N)c2Oc2ccccc2)c(Oc2ccccc2)c1N. The van der Waals surface area contributed by atoms with Gasteiger partial charge in [0.25, 0.3) is 0 Å². The molecule has 0 fully saturated rings. The highest BCUT2D eigenvalue weighted by molar-refractivity contribution is 5.78. The second-order valence-corrected chi connectivity index (χ2v) is 6.72. The summed E-state index contributed by atoms with van der Waals surface area (Å²) in [6.45, 7) is 0. The summed E-state index contributed by atoms with van der Waals surface area (Å²) in [4.78, 5) is 0. The lowest BCUT2D eigenvalue weighted by Gasteiger charge is -2.19. The molecule has 0 unspecified atom stereocenters. The molecular weight excluding hydrogens is 392 g/mol. The topological polar surface area (TPSA) is 132 Å². The van der Waals surface area contributed by atoms with Gasteiger partial charge in [0.15, 0.2) is 23.0 Å². The van der Waals surface area contributed by atoms with Gasteiger partial charge in [-0.25, -0.2) is 0 Å². The van der Waals surface area contributed by atoms with Crippen molar-refractivity contribution in [2.24, 2.45) is 0 Å². The van der Waals surface area contributed by atoms with Crippen LogP contribution in [0.4, 0.5) is 22.7 Å². The summed E-state index contributed by atoms with van der Waals surface area (Å²) >= 11 is 0. The van der Waals surface area contributed by atoms with Gasteiger partial charge < -0.3 is 37.1 Å². The smallest absolute Gasteiger partial charge is 0.194 e. The van der Waals surface area contributed by atoms with Crippen molar-refractivity contribution in [3.05, 3.63) is 84.9 Å². The number of ether oxygens (including phenoxy) is 3. The normalized spacial score (nSPS) is 10.5. The summed E-state index contributed by atoms with van der Waals surface area (Å²) < 4.78 is 18.1. The zero-order chi connectivity index (χ0) is 21.8. The van der Waals surface area contributed by atoms with Crippen molar-refractivity contribution in [2.75, 3.05) is 22.9 Å². The molecule has 7 heteroatoms. The van der Waals surface area contributed by atoms with Crippen LogP contribution in [-0.2, 0) is 0 Å². The Morgan fingerprint density at radius 1 is 0.419 bits per heavy atom. The van der Waals surface area contributed by atoms with Crippen molar-refractivity contribution in [1.29, 1.82) is 0 Å². The lowest BCUT2D eigenvalue weighted by molar-refractivity contribution is 0.396. The van der Waals surface area contributed by atoms with Crippen LogP contribution in [0.15, 0.2) is 84.9 Å². The average Bonchev–Trinajstić information content (AvgIpc) is 2.79. The van der Waals surface area contributed by atoms with E-state index in [2.05, 4.69) is 0 Å². The molecular formula is C24H22N4O3. The minimum Gasteiger partial charge on any atom is -0.451 e. The fraction of sp³-hybridized carbons (Fsp3) is 0. The van der Waals surface area contributed by atoms with Gasteiger partial charge in [0.1, 0.15) is 22.9 Å². The van der Waals surface area contributed by atoms with E-state index in [-0.39, 0.29) is 22.9 Å². The molecule has 7 nitrogen and oxygen atoms in total. The molecule has 0 radical (unpaired) electrons. The lowest BCUT2D eigenvalue weighted by Crippen LogP contribution is -2.02. The molecule has 4 aromatic rings. The first-order valence-corrected chi connectivity index (χ1v) is 9.52. The first-order chi connectivity index (χ1) is 15.0. The molecule has 8 N–H and O–H groups in total. The Morgan fingerprint density at radius 2 is 0.806 bits per heavy atom. The van der Waals surface area contributed by atoms with Gasteiger partial charge in [-0.05, 0) is 48.5 Å². The molecule has 31 heavy (non-hydrogen) atoms.